The molecule has 0 bridgehead atoms. The predicted octanol–water partition coefficient (Wildman–Crippen LogP) is 1.62. The Hall–Kier alpha value is -1.92. The number of aliphatic hydroxyl groups is 1. The summed E-state index contributed by atoms with van der Waals surface area (Å²) >= 11 is 0. The van der Waals surface area contributed by atoms with Crippen LogP contribution in [0.2, 0.25) is 0 Å². The van der Waals surface area contributed by atoms with Gasteiger partial charge in [-0.1, -0.05) is 19.1 Å². The van der Waals surface area contributed by atoms with Crippen LogP contribution in [0.15, 0.2) is 24.3 Å². The average molecular weight is 358 g/mol. The van der Waals surface area contributed by atoms with Crippen LogP contribution in [0.1, 0.15) is 19.2 Å². The van der Waals surface area contributed by atoms with Crippen molar-refractivity contribution in [1.29, 1.82) is 0 Å². The van der Waals surface area contributed by atoms with Gasteiger partial charge < -0.3 is 19.5 Å². The lowest BCUT2D eigenvalue weighted by atomic mass is 9.97. The van der Waals surface area contributed by atoms with Gasteiger partial charge in [0, 0.05) is 51.5 Å². The van der Waals surface area contributed by atoms with Crippen LogP contribution in [-0.4, -0.2) is 70.7 Å². The highest BCUT2D eigenvalue weighted by Gasteiger charge is 2.34. The summed E-state index contributed by atoms with van der Waals surface area (Å²) in [7, 11) is 4.07. The number of nitrogens with zero attached hydrogens (tertiary/aromatic N) is 4. The molecule has 0 aliphatic carbocycles. The Morgan fingerprint density at radius 3 is 2.69 bits per heavy atom. The molecule has 0 radical (unpaired) electrons. The van der Waals surface area contributed by atoms with Gasteiger partial charge in [-0.05, 0) is 32.1 Å². The van der Waals surface area contributed by atoms with Gasteiger partial charge in [-0.15, -0.1) is 0 Å². The first kappa shape index (κ1) is 18.9. The first-order valence-corrected chi connectivity index (χ1v) is 9.51. The molecule has 26 heavy (non-hydrogen) atoms. The number of fused-ring (bicyclic) bond motifs is 1. The fraction of sp³-hybridized carbons (Fsp3) is 0.600. The lowest BCUT2D eigenvalue weighted by Crippen LogP contribution is -2.31. The maximum absolute atomic E-state index is 12.8. The summed E-state index contributed by atoms with van der Waals surface area (Å²) in [5, 5.41) is 9.65. The molecule has 1 aromatic heterocycles. The van der Waals surface area contributed by atoms with Gasteiger partial charge in [0.25, 0.3) is 0 Å². The van der Waals surface area contributed by atoms with Crippen LogP contribution in [0.4, 0.5) is 0 Å². The number of amides is 1. The zero-order valence-electron chi connectivity index (χ0n) is 16.1. The van der Waals surface area contributed by atoms with E-state index in [1.165, 1.54) is 0 Å². The molecule has 0 unspecified atom stereocenters. The lowest BCUT2D eigenvalue weighted by molar-refractivity contribution is -0.130. The van der Waals surface area contributed by atoms with E-state index in [0.717, 1.165) is 36.4 Å². The van der Waals surface area contributed by atoms with Crippen LogP contribution in [0.25, 0.3) is 11.0 Å². The van der Waals surface area contributed by atoms with Crippen LogP contribution < -0.4 is 0 Å². The maximum Gasteiger partial charge on any atom is 0.224 e. The van der Waals surface area contributed by atoms with Crippen LogP contribution in [0, 0.1) is 11.8 Å². The Kier molecular flexibility index (Phi) is 5.94. The molecule has 1 aromatic carbocycles. The molecule has 1 aliphatic heterocycles. The molecule has 1 aliphatic rings. The summed E-state index contributed by atoms with van der Waals surface area (Å²) in [6, 6.07) is 8.09. The van der Waals surface area contributed by atoms with E-state index in [9.17, 15) is 9.90 Å². The fourth-order valence-electron chi connectivity index (χ4n) is 4.04. The van der Waals surface area contributed by atoms with Gasteiger partial charge >= 0.3 is 0 Å². The van der Waals surface area contributed by atoms with Crippen molar-refractivity contribution >= 4 is 16.9 Å². The summed E-state index contributed by atoms with van der Waals surface area (Å²) in [6.07, 6.45) is 1.32. The third-order valence-electron chi connectivity index (χ3n) is 5.36. The average Bonchev–Trinajstić information content (AvgIpc) is 3.19. The second-order valence-corrected chi connectivity index (χ2v) is 7.54. The molecular formula is C20H30N4O2. The van der Waals surface area contributed by atoms with Gasteiger partial charge in [-0.2, -0.15) is 0 Å². The van der Waals surface area contributed by atoms with Gasteiger partial charge in [-0.25, -0.2) is 4.98 Å². The van der Waals surface area contributed by atoms with Gasteiger partial charge in [0.05, 0.1) is 11.0 Å². The van der Waals surface area contributed by atoms with E-state index in [0.29, 0.717) is 25.4 Å². The number of aryl methyl sites for hydroxylation is 2. The van der Waals surface area contributed by atoms with Crippen molar-refractivity contribution in [3.05, 3.63) is 30.1 Å². The Labute approximate surface area is 155 Å². The number of benzene rings is 1. The van der Waals surface area contributed by atoms with E-state index < -0.39 is 0 Å². The minimum Gasteiger partial charge on any atom is -0.396 e. The minimum atomic E-state index is 0.147. The Bertz CT molecular complexity index is 755. The first-order valence-electron chi connectivity index (χ1n) is 9.51. The third-order valence-corrected chi connectivity index (χ3v) is 5.36. The van der Waals surface area contributed by atoms with Crippen molar-refractivity contribution in [3.8, 4) is 0 Å². The lowest BCUT2D eigenvalue weighted by Gasteiger charge is -2.20. The summed E-state index contributed by atoms with van der Waals surface area (Å²) in [4.78, 5) is 21.5. The molecule has 1 amide bonds. The van der Waals surface area contributed by atoms with Crippen molar-refractivity contribution < 1.29 is 9.90 Å². The molecule has 2 heterocycles. The highest BCUT2D eigenvalue weighted by atomic mass is 16.3. The number of carbonyl (C=O) groups is 1. The van der Waals surface area contributed by atoms with Gasteiger partial charge in [0.2, 0.25) is 5.91 Å². The fourth-order valence-corrected chi connectivity index (χ4v) is 4.04. The molecule has 3 rings (SSSR count). The smallest absolute Gasteiger partial charge is 0.224 e. The highest BCUT2D eigenvalue weighted by Crippen LogP contribution is 2.25. The Balaban J connectivity index is 1.66. The number of imidazole rings is 1. The topological polar surface area (TPSA) is 61.6 Å². The zero-order valence-corrected chi connectivity index (χ0v) is 16.1. The molecule has 2 atom stereocenters. The molecule has 6 nitrogen and oxygen atoms in total. The number of para-hydroxylation sites is 2. The number of carbonyl (C=O) groups excluding carboxylic acids is 1. The van der Waals surface area contributed by atoms with Crippen molar-refractivity contribution in [3.63, 3.8) is 0 Å². The quantitative estimate of drug-likeness (QED) is 0.817. The number of aliphatic hydroxyl groups excluding tert-OH is 1. The van der Waals surface area contributed by atoms with E-state index in [1.807, 2.05) is 37.2 Å². The van der Waals surface area contributed by atoms with Crippen LogP contribution in [0.3, 0.4) is 0 Å². The van der Waals surface area contributed by atoms with E-state index in [2.05, 4.69) is 27.4 Å². The second-order valence-electron chi connectivity index (χ2n) is 7.54. The molecule has 2 aromatic rings. The molecule has 6 heteroatoms. The standard InChI is InChI=1S/C20H30N4O2/c1-4-19-21-17-7-5-6-8-18(17)24(19)10-9-20(26)23-12-15(11-22(2)3)16(13-23)14-25/h5-8,15-16,25H,4,9-14H2,1-3H3/t15-,16-/m1/s1. The normalized spacial score (nSPS) is 20.4. The monoisotopic (exact) mass is 358 g/mol. The van der Waals surface area contributed by atoms with E-state index >= 15 is 0 Å². The number of aromatic nitrogens is 2. The number of hydrogen-bond acceptors (Lipinski definition) is 4. The second kappa shape index (κ2) is 8.18. The Morgan fingerprint density at radius 2 is 2.00 bits per heavy atom. The molecular weight excluding hydrogens is 328 g/mol. The summed E-state index contributed by atoms with van der Waals surface area (Å²) in [6.45, 7) is 5.21. The number of rotatable bonds is 7. The van der Waals surface area contributed by atoms with Crippen molar-refractivity contribution in [1.82, 2.24) is 19.4 Å². The molecule has 142 valence electrons. The van der Waals surface area contributed by atoms with E-state index in [4.69, 9.17) is 0 Å². The Morgan fingerprint density at radius 1 is 1.27 bits per heavy atom. The zero-order chi connectivity index (χ0) is 18.7. The predicted molar refractivity (Wildman–Crippen MR) is 103 cm³/mol. The van der Waals surface area contributed by atoms with E-state index in [-0.39, 0.29) is 18.4 Å². The minimum absolute atomic E-state index is 0.147. The maximum atomic E-state index is 12.8. The van der Waals surface area contributed by atoms with Crippen LogP contribution in [0.5, 0.6) is 0 Å². The van der Waals surface area contributed by atoms with Crippen molar-refractivity contribution in [2.24, 2.45) is 11.8 Å². The largest absolute Gasteiger partial charge is 0.396 e. The molecule has 1 saturated heterocycles. The van der Waals surface area contributed by atoms with Crippen molar-refractivity contribution in [2.45, 2.75) is 26.3 Å². The SMILES string of the molecule is CCc1nc2ccccc2n1CCC(=O)N1C[C@@H](CN(C)C)[C@@H](CO)C1. The highest BCUT2D eigenvalue weighted by molar-refractivity contribution is 5.78. The van der Waals surface area contributed by atoms with Gasteiger partial charge in [0.1, 0.15) is 5.82 Å². The number of likely N-dealkylation sites (tertiary alicyclic amines) is 1. The number of hydrogen-bond donors (Lipinski definition) is 1. The molecule has 1 fully saturated rings. The third kappa shape index (κ3) is 3.91. The summed E-state index contributed by atoms with van der Waals surface area (Å²) in [5.41, 5.74) is 2.08. The van der Waals surface area contributed by atoms with E-state index in [1.54, 1.807) is 0 Å². The summed E-state index contributed by atoms with van der Waals surface area (Å²) < 4.78 is 2.17. The molecule has 1 N–H and O–H groups in total. The van der Waals surface area contributed by atoms with Crippen molar-refractivity contribution in [2.75, 3.05) is 40.3 Å². The molecule has 0 spiro atoms. The molecule has 0 saturated carbocycles. The van der Waals surface area contributed by atoms with Crippen LogP contribution in [-0.2, 0) is 17.8 Å². The summed E-state index contributed by atoms with van der Waals surface area (Å²) in [5.74, 6) is 1.73. The van der Waals surface area contributed by atoms with Gasteiger partial charge in [0.15, 0.2) is 0 Å². The van der Waals surface area contributed by atoms with Gasteiger partial charge in [-0.3, -0.25) is 4.79 Å². The first-order chi connectivity index (χ1) is 12.5. The van der Waals surface area contributed by atoms with Crippen LogP contribution >= 0.6 is 0 Å².